The molecule has 0 saturated heterocycles. The number of carbonyl (C=O) groups is 2. The highest BCUT2D eigenvalue weighted by atomic mass is 16.2. The van der Waals surface area contributed by atoms with Crippen molar-refractivity contribution in [3.63, 3.8) is 0 Å². The van der Waals surface area contributed by atoms with Gasteiger partial charge in [-0.1, -0.05) is 36.4 Å². The summed E-state index contributed by atoms with van der Waals surface area (Å²) in [6.07, 6.45) is 0. The van der Waals surface area contributed by atoms with E-state index in [9.17, 15) is 9.59 Å². The number of anilines is 1. The van der Waals surface area contributed by atoms with Crippen LogP contribution in [0.5, 0.6) is 0 Å². The molecule has 3 nitrogen and oxygen atoms in total. The second-order valence-electron chi connectivity index (χ2n) is 5.23. The molecule has 3 rings (SSSR count). The first-order valence-corrected chi connectivity index (χ1v) is 6.29. The van der Waals surface area contributed by atoms with Crippen molar-refractivity contribution in [3.8, 4) is 0 Å². The molecule has 0 N–H and O–H groups in total. The summed E-state index contributed by atoms with van der Waals surface area (Å²) in [5, 5.41) is 2.09. The Bertz CT molecular complexity index is 720. The Hall–Kier alpha value is -2.16. The zero-order valence-electron chi connectivity index (χ0n) is 11.2. The first kappa shape index (κ1) is 11.9. The van der Waals surface area contributed by atoms with E-state index in [1.807, 2.05) is 36.4 Å². The topological polar surface area (TPSA) is 37.4 Å². The van der Waals surface area contributed by atoms with Crippen LogP contribution in [0.4, 0.5) is 5.69 Å². The highest BCUT2D eigenvalue weighted by molar-refractivity contribution is 6.24. The molecule has 19 heavy (non-hydrogen) atoms. The molecule has 0 aromatic heterocycles. The van der Waals surface area contributed by atoms with E-state index in [0.29, 0.717) is 0 Å². The lowest BCUT2D eigenvalue weighted by Crippen LogP contribution is -2.41. The van der Waals surface area contributed by atoms with Crippen molar-refractivity contribution in [2.75, 3.05) is 11.9 Å². The zero-order chi connectivity index (χ0) is 13.8. The minimum atomic E-state index is -1.05. The normalized spacial score (nSPS) is 21.8. The molecule has 1 heterocycles. The number of hydrogen-bond donors (Lipinski definition) is 0. The number of rotatable bonds is 1. The quantitative estimate of drug-likeness (QED) is 0.733. The number of fused-ring (bicyclic) bond motifs is 3. The highest BCUT2D eigenvalue weighted by Crippen LogP contribution is 2.45. The first-order chi connectivity index (χ1) is 8.98. The van der Waals surface area contributed by atoms with Gasteiger partial charge in [0.1, 0.15) is 11.2 Å². The number of likely N-dealkylation sites (N-methyl/N-ethyl adjacent to an activating group) is 1. The van der Waals surface area contributed by atoms with Crippen molar-refractivity contribution in [1.82, 2.24) is 0 Å². The third-order valence-corrected chi connectivity index (χ3v) is 4.21. The van der Waals surface area contributed by atoms with Crippen molar-refractivity contribution >= 4 is 28.2 Å². The fourth-order valence-corrected chi connectivity index (χ4v) is 2.91. The predicted octanol–water partition coefficient (Wildman–Crippen LogP) is 2.66. The molecular formula is C16H15NO2. The summed E-state index contributed by atoms with van der Waals surface area (Å²) in [5.74, 6) is -0.260. The Morgan fingerprint density at radius 1 is 1.16 bits per heavy atom. The van der Waals surface area contributed by atoms with E-state index in [4.69, 9.17) is 0 Å². The van der Waals surface area contributed by atoms with Crippen LogP contribution in [0.2, 0.25) is 0 Å². The molecule has 96 valence electrons. The van der Waals surface area contributed by atoms with E-state index in [-0.39, 0.29) is 11.7 Å². The van der Waals surface area contributed by atoms with Crippen molar-refractivity contribution in [2.24, 2.45) is 0 Å². The number of amides is 1. The lowest BCUT2D eigenvalue weighted by molar-refractivity contribution is -0.132. The zero-order valence-corrected chi connectivity index (χ0v) is 11.2. The smallest absolute Gasteiger partial charge is 0.244 e. The minimum absolute atomic E-state index is 0.113. The Balaban J connectivity index is 2.43. The maximum absolute atomic E-state index is 12.5. The third kappa shape index (κ3) is 1.33. The van der Waals surface area contributed by atoms with Gasteiger partial charge in [0.2, 0.25) is 5.91 Å². The lowest BCUT2D eigenvalue weighted by Gasteiger charge is -2.19. The maximum Gasteiger partial charge on any atom is 0.244 e. The van der Waals surface area contributed by atoms with Gasteiger partial charge in [-0.05, 0) is 24.8 Å². The van der Waals surface area contributed by atoms with Gasteiger partial charge in [-0.25, -0.2) is 0 Å². The predicted molar refractivity (Wildman–Crippen MR) is 75.4 cm³/mol. The summed E-state index contributed by atoms with van der Waals surface area (Å²) in [7, 11) is 1.74. The number of hydrogen-bond acceptors (Lipinski definition) is 2. The molecule has 0 bridgehead atoms. The van der Waals surface area contributed by atoms with Gasteiger partial charge in [0.25, 0.3) is 0 Å². The summed E-state index contributed by atoms with van der Waals surface area (Å²) in [6.45, 7) is 3.20. The standard InChI is InChI=1S/C16H15NO2/c1-10(18)16(2)13-9-8-11-6-4-5-7-12(11)14(13)17(3)15(16)19/h4-9H,1-3H3. The average Bonchev–Trinajstić information content (AvgIpc) is 2.62. The van der Waals surface area contributed by atoms with E-state index < -0.39 is 5.41 Å². The van der Waals surface area contributed by atoms with Crippen LogP contribution in [0.25, 0.3) is 10.8 Å². The summed E-state index contributed by atoms with van der Waals surface area (Å²) in [5.41, 5.74) is 0.626. The average molecular weight is 253 g/mol. The fraction of sp³-hybridized carbons (Fsp3) is 0.250. The summed E-state index contributed by atoms with van der Waals surface area (Å²) in [6, 6.07) is 11.8. The van der Waals surface area contributed by atoms with Gasteiger partial charge in [0.05, 0.1) is 5.69 Å². The molecule has 0 saturated carbocycles. The molecule has 1 amide bonds. The Labute approximate surface area is 111 Å². The molecule has 1 atom stereocenters. The number of Topliss-reactive ketones (excluding diaryl/α,β-unsaturated/α-hetero) is 1. The number of carbonyl (C=O) groups excluding carboxylic acids is 2. The summed E-state index contributed by atoms with van der Waals surface area (Å²) < 4.78 is 0. The molecule has 3 heteroatoms. The Morgan fingerprint density at radius 2 is 1.84 bits per heavy atom. The highest BCUT2D eigenvalue weighted by Gasteiger charge is 2.50. The third-order valence-electron chi connectivity index (χ3n) is 4.21. The molecule has 1 unspecified atom stereocenters. The monoisotopic (exact) mass is 253 g/mol. The maximum atomic E-state index is 12.5. The van der Waals surface area contributed by atoms with Crippen molar-refractivity contribution < 1.29 is 9.59 Å². The number of benzene rings is 2. The van der Waals surface area contributed by atoms with Crippen molar-refractivity contribution in [3.05, 3.63) is 42.0 Å². The van der Waals surface area contributed by atoms with Gasteiger partial charge in [0, 0.05) is 12.4 Å². The van der Waals surface area contributed by atoms with E-state index in [1.54, 1.807) is 18.9 Å². The fourth-order valence-electron chi connectivity index (χ4n) is 2.91. The van der Waals surface area contributed by atoms with Crippen LogP contribution in [0.1, 0.15) is 19.4 Å². The van der Waals surface area contributed by atoms with Crippen LogP contribution >= 0.6 is 0 Å². The molecule has 2 aromatic carbocycles. The van der Waals surface area contributed by atoms with Crippen LogP contribution in [0.15, 0.2) is 36.4 Å². The summed E-state index contributed by atoms with van der Waals surface area (Å²) >= 11 is 0. The van der Waals surface area contributed by atoms with Crippen LogP contribution in [-0.4, -0.2) is 18.7 Å². The van der Waals surface area contributed by atoms with Crippen LogP contribution < -0.4 is 4.90 Å². The van der Waals surface area contributed by atoms with Crippen LogP contribution in [0.3, 0.4) is 0 Å². The van der Waals surface area contributed by atoms with E-state index >= 15 is 0 Å². The van der Waals surface area contributed by atoms with Crippen LogP contribution in [0, 0.1) is 0 Å². The van der Waals surface area contributed by atoms with Gasteiger partial charge in [-0.3, -0.25) is 9.59 Å². The number of ketones is 1. The number of nitrogens with zero attached hydrogens (tertiary/aromatic N) is 1. The Morgan fingerprint density at radius 3 is 2.53 bits per heavy atom. The molecule has 0 radical (unpaired) electrons. The minimum Gasteiger partial charge on any atom is -0.313 e. The van der Waals surface area contributed by atoms with Crippen molar-refractivity contribution in [2.45, 2.75) is 19.3 Å². The molecule has 0 spiro atoms. The van der Waals surface area contributed by atoms with Crippen LogP contribution in [-0.2, 0) is 15.0 Å². The van der Waals surface area contributed by atoms with E-state index in [2.05, 4.69) is 0 Å². The van der Waals surface area contributed by atoms with E-state index in [1.165, 1.54) is 6.92 Å². The van der Waals surface area contributed by atoms with Gasteiger partial charge < -0.3 is 4.90 Å². The lowest BCUT2D eigenvalue weighted by atomic mass is 9.80. The van der Waals surface area contributed by atoms with E-state index in [0.717, 1.165) is 22.0 Å². The first-order valence-electron chi connectivity index (χ1n) is 6.29. The molecule has 1 aliphatic rings. The summed E-state index contributed by atoms with van der Waals surface area (Å²) in [4.78, 5) is 26.1. The molecule has 1 aliphatic heterocycles. The SMILES string of the molecule is CC(=O)C1(C)C(=O)N(C)c2c1ccc1ccccc21. The van der Waals surface area contributed by atoms with Gasteiger partial charge in [-0.2, -0.15) is 0 Å². The van der Waals surface area contributed by atoms with Gasteiger partial charge in [0.15, 0.2) is 0 Å². The van der Waals surface area contributed by atoms with Gasteiger partial charge in [-0.15, -0.1) is 0 Å². The van der Waals surface area contributed by atoms with Crippen molar-refractivity contribution in [1.29, 1.82) is 0 Å². The molecule has 0 fully saturated rings. The second-order valence-corrected chi connectivity index (χ2v) is 5.23. The Kier molecular flexibility index (Phi) is 2.30. The largest absolute Gasteiger partial charge is 0.313 e. The molecular weight excluding hydrogens is 238 g/mol. The van der Waals surface area contributed by atoms with Gasteiger partial charge >= 0.3 is 0 Å². The molecule has 2 aromatic rings. The molecule has 0 aliphatic carbocycles. The second kappa shape index (κ2) is 3.67.